The van der Waals surface area contributed by atoms with Gasteiger partial charge in [0.25, 0.3) is 0 Å². The smallest absolute Gasteiger partial charge is 0.343 e. The van der Waals surface area contributed by atoms with E-state index in [4.69, 9.17) is 22.7 Å². The van der Waals surface area contributed by atoms with Crippen LogP contribution in [0.5, 0.6) is 0 Å². The van der Waals surface area contributed by atoms with Gasteiger partial charge in [-0.05, 0) is 26.1 Å². The van der Waals surface area contributed by atoms with Gasteiger partial charge in [-0.1, -0.05) is 0 Å². The number of nitrogens with zero attached hydrogens (tertiary/aromatic N) is 2. The van der Waals surface area contributed by atoms with Crippen LogP contribution >= 0.6 is 12.2 Å². The van der Waals surface area contributed by atoms with Gasteiger partial charge in [0.05, 0.1) is 12.8 Å². The Balaban J connectivity index is 2.92. The average molecular weight is 242 g/mol. The first kappa shape index (κ1) is 12.4. The van der Waals surface area contributed by atoms with Crippen molar-refractivity contribution in [2.24, 2.45) is 0 Å². The van der Waals surface area contributed by atoms with Gasteiger partial charge < -0.3 is 15.8 Å². The van der Waals surface area contributed by atoms with Crippen molar-refractivity contribution in [2.75, 3.05) is 18.9 Å². The van der Waals surface area contributed by atoms with E-state index >= 15 is 0 Å². The number of aromatic nitrogens is 2. The second-order valence-corrected chi connectivity index (χ2v) is 3.30. The first-order valence-electron chi connectivity index (χ1n) is 4.90. The Kier molecular flexibility index (Phi) is 4.24. The lowest BCUT2D eigenvalue weighted by molar-refractivity contribution is 0.0527. The van der Waals surface area contributed by atoms with Crippen molar-refractivity contribution in [1.82, 2.24) is 15.1 Å². The van der Waals surface area contributed by atoms with Gasteiger partial charge in [0, 0.05) is 6.54 Å². The predicted octanol–water partition coefficient (Wildman–Crippen LogP) is 0.385. The zero-order valence-corrected chi connectivity index (χ0v) is 10.0. The molecule has 6 nitrogen and oxygen atoms in total. The molecule has 3 N–H and O–H groups in total. The Bertz CT molecular complexity index is 367. The minimum absolute atomic E-state index is 0.185. The summed E-state index contributed by atoms with van der Waals surface area (Å²) in [6.45, 7) is 4.58. The van der Waals surface area contributed by atoms with E-state index in [0.29, 0.717) is 18.3 Å². The van der Waals surface area contributed by atoms with E-state index in [2.05, 4.69) is 10.4 Å². The maximum Gasteiger partial charge on any atom is 0.343 e. The fourth-order valence-corrected chi connectivity index (χ4v) is 1.40. The number of nitrogens with two attached hydrogens (primary N) is 1. The summed E-state index contributed by atoms with van der Waals surface area (Å²) in [6.07, 6.45) is 1.34. The topological polar surface area (TPSA) is 82.2 Å². The average Bonchev–Trinajstić information content (AvgIpc) is 2.61. The zero-order chi connectivity index (χ0) is 12.1. The fourth-order valence-electron chi connectivity index (χ4n) is 1.11. The largest absolute Gasteiger partial charge is 0.462 e. The van der Waals surface area contributed by atoms with Crippen LogP contribution in [0.1, 0.15) is 24.2 Å². The highest BCUT2D eigenvalue weighted by Gasteiger charge is 2.17. The van der Waals surface area contributed by atoms with Crippen molar-refractivity contribution < 1.29 is 9.53 Å². The number of ether oxygens (including phenoxy) is 1. The SMILES string of the molecule is CCNC(=S)n1ncc(C(=O)OCC)c1N. The van der Waals surface area contributed by atoms with E-state index in [0.717, 1.165) is 0 Å². The molecule has 0 bridgehead atoms. The van der Waals surface area contributed by atoms with E-state index in [1.165, 1.54) is 10.9 Å². The molecular formula is C9H14N4O2S. The number of carbonyl (C=O) groups is 1. The number of rotatable bonds is 3. The maximum atomic E-state index is 11.4. The molecule has 0 amide bonds. The van der Waals surface area contributed by atoms with Crippen molar-refractivity contribution in [3.63, 3.8) is 0 Å². The lowest BCUT2D eigenvalue weighted by Crippen LogP contribution is -2.29. The molecule has 16 heavy (non-hydrogen) atoms. The van der Waals surface area contributed by atoms with Crippen molar-refractivity contribution >= 4 is 29.1 Å². The highest BCUT2D eigenvalue weighted by atomic mass is 32.1. The summed E-state index contributed by atoms with van der Waals surface area (Å²) in [5.41, 5.74) is 5.96. The van der Waals surface area contributed by atoms with Crippen molar-refractivity contribution in [1.29, 1.82) is 0 Å². The highest BCUT2D eigenvalue weighted by molar-refractivity contribution is 7.80. The minimum Gasteiger partial charge on any atom is -0.462 e. The van der Waals surface area contributed by atoms with Gasteiger partial charge in [-0.3, -0.25) is 0 Å². The number of hydrogen-bond acceptors (Lipinski definition) is 5. The van der Waals surface area contributed by atoms with Crippen LogP contribution in [0, 0.1) is 0 Å². The first-order chi connectivity index (χ1) is 7.61. The standard InChI is InChI=1S/C9H14N4O2S/c1-3-11-9(16)13-7(10)6(5-12-13)8(14)15-4-2/h5H,3-4,10H2,1-2H3,(H,11,16). The molecule has 0 aliphatic carbocycles. The van der Waals surface area contributed by atoms with E-state index in [9.17, 15) is 4.79 Å². The van der Waals surface area contributed by atoms with Crippen LogP contribution in [-0.2, 0) is 4.74 Å². The van der Waals surface area contributed by atoms with E-state index in [-0.39, 0.29) is 11.4 Å². The second-order valence-electron chi connectivity index (χ2n) is 2.91. The second kappa shape index (κ2) is 5.45. The Morgan fingerprint density at radius 2 is 2.38 bits per heavy atom. The third kappa shape index (κ3) is 2.48. The molecule has 0 aliphatic rings. The van der Waals surface area contributed by atoms with Gasteiger partial charge in [0.1, 0.15) is 11.4 Å². The van der Waals surface area contributed by atoms with Gasteiger partial charge in [-0.2, -0.15) is 9.78 Å². The molecule has 0 atom stereocenters. The summed E-state index contributed by atoms with van der Waals surface area (Å²) < 4.78 is 6.12. The van der Waals surface area contributed by atoms with Gasteiger partial charge in [0.15, 0.2) is 5.11 Å². The molecule has 0 aromatic carbocycles. The Labute approximate surface area is 98.8 Å². The number of hydrogen-bond donors (Lipinski definition) is 2. The molecule has 7 heteroatoms. The van der Waals surface area contributed by atoms with Crippen LogP contribution in [-0.4, -0.2) is 34.0 Å². The molecule has 1 aromatic heterocycles. The molecule has 0 aliphatic heterocycles. The van der Waals surface area contributed by atoms with Crippen LogP contribution < -0.4 is 11.1 Å². The van der Waals surface area contributed by atoms with E-state index in [1.54, 1.807) is 6.92 Å². The normalized spacial score (nSPS) is 9.88. The van der Waals surface area contributed by atoms with Crippen molar-refractivity contribution in [3.05, 3.63) is 11.8 Å². The molecule has 88 valence electrons. The Morgan fingerprint density at radius 1 is 1.69 bits per heavy atom. The van der Waals surface area contributed by atoms with Gasteiger partial charge in [0.2, 0.25) is 0 Å². The first-order valence-corrected chi connectivity index (χ1v) is 5.31. The quantitative estimate of drug-likeness (QED) is 0.589. The number of nitrogens with one attached hydrogen (secondary N) is 1. The van der Waals surface area contributed by atoms with Crippen molar-refractivity contribution in [2.45, 2.75) is 13.8 Å². The summed E-state index contributed by atoms with van der Waals surface area (Å²) >= 11 is 5.03. The lowest BCUT2D eigenvalue weighted by Gasteiger charge is -2.07. The zero-order valence-electron chi connectivity index (χ0n) is 9.19. The molecule has 1 aromatic rings. The number of anilines is 1. The number of carbonyl (C=O) groups excluding carboxylic acids is 1. The third-order valence-electron chi connectivity index (χ3n) is 1.82. The summed E-state index contributed by atoms with van der Waals surface area (Å²) in [4.78, 5) is 11.4. The molecule has 0 fully saturated rings. The van der Waals surface area contributed by atoms with Gasteiger partial charge in [-0.25, -0.2) is 4.79 Å². The summed E-state index contributed by atoms with van der Waals surface area (Å²) in [6, 6.07) is 0. The molecule has 0 saturated heterocycles. The number of nitrogen functional groups attached to an aromatic ring is 1. The molecular weight excluding hydrogens is 228 g/mol. The third-order valence-corrected chi connectivity index (χ3v) is 2.14. The van der Waals surface area contributed by atoms with Crippen LogP contribution in [0.2, 0.25) is 0 Å². The molecule has 0 spiro atoms. The number of esters is 1. The lowest BCUT2D eigenvalue weighted by atomic mass is 10.3. The summed E-state index contributed by atoms with van der Waals surface area (Å²) in [5.74, 6) is -0.310. The molecule has 0 radical (unpaired) electrons. The number of thiocarbonyl (C=S) groups is 1. The van der Waals surface area contributed by atoms with Gasteiger partial charge in [-0.15, -0.1) is 0 Å². The van der Waals surface area contributed by atoms with E-state index < -0.39 is 5.97 Å². The minimum atomic E-state index is -0.495. The molecule has 1 rings (SSSR count). The molecule has 0 saturated carbocycles. The highest BCUT2D eigenvalue weighted by Crippen LogP contribution is 2.11. The van der Waals surface area contributed by atoms with Crippen LogP contribution in [0.25, 0.3) is 0 Å². The van der Waals surface area contributed by atoms with E-state index in [1.807, 2.05) is 6.92 Å². The maximum absolute atomic E-state index is 11.4. The molecule has 1 heterocycles. The Hall–Kier alpha value is -1.63. The van der Waals surface area contributed by atoms with Crippen LogP contribution in [0.3, 0.4) is 0 Å². The van der Waals surface area contributed by atoms with Crippen LogP contribution in [0.4, 0.5) is 5.82 Å². The fraction of sp³-hybridized carbons (Fsp3) is 0.444. The van der Waals surface area contributed by atoms with Crippen LogP contribution in [0.15, 0.2) is 6.20 Å². The predicted molar refractivity (Wildman–Crippen MR) is 64.3 cm³/mol. The summed E-state index contributed by atoms with van der Waals surface area (Å²) in [7, 11) is 0. The van der Waals surface area contributed by atoms with Gasteiger partial charge >= 0.3 is 5.97 Å². The summed E-state index contributed by atoms with van der Waals surface area (Å²) in [5, 5.41) is 7.17. The van der Waals surface area contributed by atoms with Crippen molar-refractivity contribution in [3.8, 4) is 0 Å². The molecule has 0 unspecified atom stereocenters. The Morgan fingerprint density at radius 3 is 2.94 bits per heavy atom. The monoisotopic (exact) mass is 242 g/mol.